The zero-order chi connectivity index (χ0) is 13.1. The van der Waals surface area contributed by atoms with Crippen molar-refractivity contribution in [2.24, 2.45) is 22.7 Å². The Bertz CT molecular complexity index is 379. The maximum atomic E-state index is 12.0. The van der Waals surface area contributed by atoms with Crippen molar-refractivity contribution < 1.29 is 4.79 Å². The topological polar surface area (TPSA) is 41.1 Å². The Morgan fingerprint density at radius 1 is 1.17 bits per heavy atom. The van der Waals surface area contributed by atoms with Gasteiger partial charge < -0.3 is 10.6 Å². The van der Waals surface area contributed by atoms with E-state index in [1.54, 1.807) is 0 Å². The van der Waals surface area contributed by atoms with E-state index in [4.69, 9.17) is 0 Å². The molecule has 2 N–H and O–H groups in total. The first-order valence-electron chi connectivity index (χ1n) is 7.41. The average molecular weight is 250 g/mol. The number of urea groups is 1. The summed E-state index contributed by atoms with van der Waals surface area (Å²) in [6.45, 7) is 9.32. The van der Waals surface area contributed by atoms with Gasteiger partial charge in [0.2, 0.25) is 0 Å². The minimum Gasteiger partial charge on any atom is -0.335 e. The van der Waals surface area contributed by atoms with Crippen LogP contribution in [0.15, 0.2) is 0 Å². The van der Waals surface area contributed by atoms with Gasteiger partial charge in [-0.25, -0.2) is 4.79 Å². The molecule has 2 bridgehead atoms. The number of carbonyl (C=O) groups is 1. The van der Waals surface area contributed by atoms with Gasteiger partial charge in [0.1, 0.15) is 0 Å². The van der Waals surface area contributed by atoms with Gasteiger partial charge in [0, 0.05) is 12.1 Å². The van der Waals surface area contributed by atoms with Crippen LogP contribution in [-0.4, -0.2) is 18.1 Å². The fourth-order valence-electron chi connectivity index (χ4n) is 4.31. The molecule has 3 aliphatic carbocycles. The summed E-state index contributed by atoms with van der Waals surface area (Å²) in [5.74, 6) is 1.45. The molecule has 5 atom stereocenters. The third-order valence-corrected chi connectivity index (χ3v) is 6.53. The van der Waals surface area contributed by atoms with Crippen molar-refractivity contribution in [3.8, 4) is 0 Å². The second-order valence-electron chi connectivity index (χ2n) is 7.60. The van der Waals surface area contributed by atoms with Crippen LogP contribution in [-0.2, 0) is 0 Å². The molecule has 18 heavy (non-hydrogen) atoms. The molecule has 0 spiro atoms. The number of carbonyl (C=O) groups excluding carboxylic acids is 1. The number of hydrogen-bond donors (Lipinski definition) is 2. The summed E-state index contributed by atoms with van der Waals surface area (Å²) in [7, 11) is 0. The van der Waals surface area contributed by atoms with Crippen molar-refractivity contribution in [2.75, 3.05) is 0 Å². The van der Waals surface area contributed by atoms with Gasteiger partial charge >= 0.3 is 6.03 Å². The Kier molecular flexibility index (Phi) is 2.49. The summed E-state index contributed by atoms with van der Waals surface area (Å²) in [4.78, 5) is 12.0. The molecule has 2 amide bonds. The number of rotatable bonds is 2. The van der Waals surface area contributed by atoms with Crippen molar-refractivity contribution in [1.29, 1.82) is 0 Å². The highest BCUT2D eigenvalue weighted by molar-refractivity contribution is 5.75. The molecule has 3 rings (SSSR count). The van der Waals surface area contributed by atoms with Crippen molar-refractivity contribution in [1.82, 2.24) is 10.6 Å². The fourth-order valence-corrected chi connectivity index (χ4v) is 4.31. The van der Waals surface area contributed by atoms with Gasteiger partial charge in [-0.3, -0.25) is 0 Å². The maximum Gasteiger partial charge on any atom is 0.315 e. The van der Waals surface area contributed by atoms with Crippen LogP contribution in [0.3, 0.4) is 0 Å². The highest BCUT2D eigenvalue weighted by Crippen LogP contribution is 2.65. The molecule has 0 aromatic carbocycles. The monoisotopic (exact) mass is 250 g/mol. The van der Waals surface area contributed by atoms with E-state index < -0.39 is 0 Å². The molecule has 0 aliphatic heterocycles. The summed E-state index contributed by atoms with van der Waals surface area (Å²) < 4.78 is 0. The largest absolute Gasteiger partial charge is 0.335 e. The molecule has 3 saturated carbocycles. The highest BCUT2D eigenvalue weighted by atomic mass is 16.2. The minimum absolute atomic E-state index is 0.0546. The van der Waals surface area contributed by atoms with E-state index >= 15 is 0 Å². The van der Waals surface area contributed by atoms with Gasteiger partial charge in [-0.15, -0.1) is 0 Å². The van der Waals surface area contributed by atoms with Crippen molar-refractivity contribution >= 4 is 6.03 Å². The third kappa shape index (κ3) is 1.59. The lowest BCUT2D eigenvalue weighted by atomic mass is 9.69. The highest BCUT2D eigenvalue weighted by Gasteiger charge is 2.61. The van der Waals surface area contributed by atoms with Crippen LogP contribution >= 0.6 is 0 Å². The number of fused-ring (bicyclic) bond motifs is 2. The van der Waals surface area contributed by atoms with E-state index in [1.165, 1.54) is 12.8 Å². The number of hydrogen-bond acceptors (Lipinski definition) is 1. The Balaban J connectivity index is 1.63. The molecule has 0 radical (unpaired) electrons. The zero-order valence-corrected chi connectivity index (χ0v) is 12.0. The second-order valence-corrected chi connectivity index (χ2v) is 7.60. The molecule has 102 valence electrons. The van der Waals surface area contributed by atoms with Crippen LogP contribution in [0.4, 0.5) is 4.79 Å². The van der Waals surface area contributed by atoms with Gasteiger partial charge in [-0.1, -0.05) is 27.7 Å². The first-order valence-corrected chi connectivity index (χ1v) is 7.41. The molecular weight excluding hydrogens is 224 g/mol. The smallest absolute Gasteiger partial charge is 0.315 e. The lowest BCUT2D eigenvalue weighted by molar-refractivity contribution is 0.123. The minimum atomic E-state index is 0.0546. The summed E-state index contributed by atoms with van der Waals surface area (Å²) >= 11 is 0. The third-order valence-electron chi connectivity index (χ3n) is 6.53. The molecule has 0 unspecified atom stereocenters. The van der Waals surface area contributed by atoms with Gasteiger partial charge in [0.25, 0.3) is 0 Å². The zero-order valence-electron chi connectivity index (χ0n) is 12.0. The molecule has 0 heterocycles. The molecule has 3 nitrogen and oxygen atoms in total. The van der Waals surface area contributed by atoms with E-state index in [1.807, 2.05) is 0 Å². The van der Waals surface area contributed by atoms with Crippen molar-refractivity contribution in [3.05, 3.63) is 0 Å². The number of amides is 2. The molecule has 0 aromatic rings. The Labute approximate surface area is 110 Å². The SMILES string of the molecule is C[C@@H]1C[C@H]1NC(=O)N[C@H]1C[C@H]2CC[C@@]1(C)C2(C)C. The Morgan fingerprint density at radius 3 is 2.28 bits per heavy atom. The van der Waals surface area contributed by atoms with Crippen molar-refractivity contribution in [2.45, 2.75) is 65.5 Å². The van der Waals surface area contributed by atoms with Crippen LogP contribution in [0.5, 0.6) is 0 Å². The van der Waals surface area contributed by atoms with E-state index in [9.17, 15) is 4.79 Å². The quantitative estimate of drug-likeness (QED) is 0.777. The van der Waals surface area contributed by atoms with E-state index in [0.29, 0.717) is 23.4 Å². The van der Waals surface area contributed by atoms with Crippen LogP contribution in [0, 0.1) is 22.7 Å². The predicted octanol–water partition coefficient (Wildman–Crippen LogP) is 2.91. The summed E-state index contributed by atoms with van der Waals surface area (Å²) in [6.07, 6.45) is 4.90. The van der Waals surface area contributed by atoms with Gasteiger partial charge in [-0.2, -0.15) is 0 Å². The lowest BCUT2D eigenvalue weighted by Crippen LogP contribution is -2.50. The first kappa shape index (κ1) is 12.3. The Morgan fingerprint density at radius 2 is 1.83 bits per heavy atom. The molecule has 0 saturated heterocycles. The summed E-state index contributed by atoms with van der Waals surface area (Å²) in [5.41, 5.74) is 0.655. The van der Waals surface area contributed by atoms with Crippen LogP contribution in [0.25, 0.3) is 0 Å². The van der Waals surface area contributed by atoms with Crippen LogP contribution in [0.2, 0.25) is 0 Å². The van der Waals surface area contributed by atoms with Gasteiger partial charge in [0.15, 0.2) is 0 Å². The average Bonchev–Trinajstić information content (AvgIpc) is 2.86. The maximum absolute atomic E-state index is 12.0. The standard InChI is InChI=1S/C15H26N2O/c1-9-7-11(9)16-13(18)17-12-8-10-5-6-15(12,4)14(10,2)3/h9-12H,5-8H2,1-4H3,(H2,16,17,18)/t9-,10-,11-,12+,15-/m1/s1. The van der Waals surface area contributed by atoms with Gasteiger partial charge in [0.05, 0.1) is 0 Å². The molecular formula is C15H26N2O. The van der Waals surface area contributed by atoms with E-state index in [0.717, 1.165) is 18.8 Å². The van der Waals surface area contributed by atoms with E-state index in [-0.39, 0.29) is 11.4 Å². The normalized spacial score (nSPS) is 48.0. The second kappa shape index (κ2) is 3.64. The summed E-state index contributed by atoms with van der Waals surface area (Å²) in [6, 6.07) is 0.837. The molecule has 3 aliphatic rings. The first-order chi connectivity index (χ1) is 8.34. The summed E-state index contributed by atoms with van der Waals surface area (Å²) in [5, 5.41) is 6.33. The van der Waals surface area contributed by atoms with Crippen LogP contribution < -0.4 is 10.6 Å². The van der Waals surface area contributed by atoms with Crippen LogP contribution in [0.1, 0.15) is 53.4 Å². The predicted molar refractivity (Wildman–Crippen MR) is 72.3 cm³/mol. The molecule has 3 fully saturated rings. The Hall–Kier alpha value is -0.730. The number of nitrogens with one attached hydrogen (secondary N) is 2. The van der Waals surface area contributed by atoms with Gasteiger partial charge in [-0.05, 0) is 48.3 Å². The van der Waals surface area contributed by atoms with E-state index in [2.05, 4.69) is 38.3 Å². The molecule has 0 aromatic heterocycles. The molecule has 3 heteroatoms. The fraction of sp³-hybridized carbons (Fsp3) is 0.933. The lowest BCUT2D eigenvalue weighted by Gasteiger charge is -2.39. The van der Waals surface area contributed by atoms with Crippen molar-refractivity contribution in [3.63, 3.8) is 0 Å².